The minimum Gasteiger partial charge on any atom is -0.444 e. The van der Waals surface area contributed by atoms with Crippen LogP contribution < -0.4 is 0 Å². The fourth-order valence-electron chi connectivity index (χ4n) is 2.66. The molecule has 2 unspecified atom stereocenters. The largest absolute Gasteiger partial charge is 0.444 e. The normalized spacial score (nSPS) is 21.6. The second-order valence-electron chi connectivity index (χ2n) is 6.51. The van der Waals surface area contributed by atoms with E-state index >= 15 is 0 Å². The summed E-state index contributed by atoms with van der Waals surface area (Å²) in [5, 5.41) is 0. The van der Waals surface area contributed by atoms with E-state index in [1.165, 1.54) is 12.0 Å². The third-order valence-electron chi connectivity index (χ3n) is 3.64. The lowest BCUT2D eigenvalue weighted by Crippen LogP contribution is -2.40. The number of hydrogen-bond donors (Lipinski definition) is 0. The predicted octanol–water partition coefficient (Wildman–Crippen LogP) is 3.80. The van der Waals surface area contributed by atoms with Gasteiger partial charge in [-0.2, -0.15) is 0 Å². The van der Waals surface area contributed by atoms with Gasteiger partial charge in [0.2, 0.25) is 0 Å². The molecule has 1 fully saturated rings. The number of halogens is 3. The Bertz CT molecular complexity index is 601. The van der Waals surface area contributed by atoms with Crippen molar-refractivity contribution in [3.8, 4) is 0 Å². The van der Waals surface area contributed by atoms with Gasteiger partial charge in [0, 0.05) is 31.6 Å². The van der Waals surface area contributed by atoms with Crippen molar-refractivity contribution in [3.63, 3.8) is 0 Å². The number of carbonyl (C=O) groups excluding carboxylic acids is 1. The molecule has 0 spiro atoms. The molecule has 1 aliphatic heterocycles. The number of methoxy groups -OCH3 is 1. The Balaban J connectivity index is 2.26. The summed E-state index contributed by atoms with van der Waals surface area (Å²) in [6.07, 6.45) is -1.16. The number of likely N-dealkylation sites (tertiary alicyclic amines) is 1. The molecule has 0 aliphatic carbocycles. The van der Waals surface area contributed by atoms with Gasteiger partial charge in [-0.1, -0.05) is 0 Å². The number of ether oxygens (including phenoxy) is 2. The molecule has 0 N–H and O–H groups in total. The third-order valence-corrected chi connectivity index (χ3v) is 3.64. The van der Waals surface area contributed by atoms with Crippen LogP contribution in [0.2, 0.25) is 0 Å². The number of hydrogen-bond acceptors (Lipinski definition) is 3. The van der Waals surface area contributed by atoms with Crippen LogP contribution in [0.4, 0.5) is 18.0 Å². The monoisotopic (exact) mass is 331 g/mol. The molecule has 4 nitrogen and oxygen atoms in total. The van der Waals surface area contributed by atoms with Gasteiger partial charge in [0.15, 0.2) is 11.6 Å². The molecule has 1 aromatic rings. The highest BCUT2D eigenvalue weighted by Gasteiger charge is 2.40. The summed E-state index contributed by atoms with van der Waals surface area (Å²) in [5.74, 6) is -3.89. The van der Waals surface area contributed by atoms with E-state index in [0.717, 1.165) is 12.1 Å². The van der Waals surface area contributed by atoms with Crippen molar-refractivity contribution in [1.82, 2.24) is 4.90 Å². The predicted molar refractivity (Wildman–Crippen MR) is 77.4 cm³/mol. The van der Waals surface area contributed by atoms with E-state index in [0.29, 0.717) is 0 Å². The Labute approximate surface area is 133 Å². The lowest BCUT2D eigenvalue weighted by molar-refractivity contribution is -0.0305. The summed E-state index contributed by atoms with van der Waals surface area (Å²) in [4.78, 5) is 13.5. The third kappa shape index (κ3) is 3.77. The number of nitrogens with zero attached hydrogens (tertiary/aromatic N) is 1. The summed E-state index contributed by atoms with van der Waals surface area (Å²) >= 11 is 0. The van der Waals surface area contributed by atoms with E-state index in [2.05, 4.69) is 0 Å². The van der Waals surface area contributed by atoms with Gasteiger partial charge < -0.3 is 9.47 Å². The van der Waals surface area contributed by atoms with Crippen molar-refractivity contribution in [2.75, 3.05) is 13.7 Å². The van der Waals surface area contributed by atoms with Crippen LogP contribution >= 0.6 is 0 Å². The highest BCUT2D eigenvalue weighted by Crippen LogP contribution is 2.36. The van der Waals surface area contributed by atoms with Crippen LogP contribution in [0, 0.1) is 17.5 Å². The van der Waals surface area contributed by atoms with Crippen LogP contribution in [0.3, 0.4) is 0 Å². The maximum absolute atomic E-state index is 14.0. The van der Waals surface area contributed by atoms with Gasteiger partial charge >= 0.3 is 6.09 Å². The molecular weight excluding hydrogens is 311 g/mol. The fourth-order valence-corrected chi connectivity index (χ4v) is 2.66. The summed E-state index contributed by atoms with van der Waals surface area (Å²) in [6.45, 7) is 5.13. The fraction of sp³-hybridized carbons (Fsp3) is 0.562. The van der Waals surface area contributed by atoms with Gasteiger partial charge in [-0.05, 0) is 32.9 Å². The number of rotatable bonds is 2. The average molecular weight is 331 g/mol. The maximum atomic E-state index is 14.0. The quantitative estimate of drug-likeness (QED) is 0.774. The number of benzene rings is 1. The standard InChI is InChI=1S/C16H20F3NO3/c1-16(2,3)23-15(21)20-8-9(7-12(20)22-4)13-10(17)5-6-11(18)14(13)19/h5-6,9,12H,7-8H2,1-4H3. The Kier molecular flexibility index (Phi) is 4.89. The van der Waals surface area contributed by atoms with Gasteiger partial charge in [-0.3, -0.25) is 4.90 Å². The van der Waals surface area contributed by atoms with Crippen LogP contribution in [-0.2, 0) is 9.47 Å². The zero-order valence-electron chi connectivity index (χ0n) is 13.5. The summed E-state index contributed by atoms with van der Waals surface area (Å²) in [7, 11) is 1.39. The lowest BCUT2D eigenvalue weighted by atomic mass is 9.96. The van der Waals surface area contributed by atoms with Gasteiger partial charge in [0.1, 0.15) is 17.6 Å². The first kappa shape index (κ1) is 17.6. The van der Waals surface area contributed by atoms with E-state index in [9.17, 15) is 18.0 Å². The molecule has 128 valence electrons. The first-order chi connectivity index (χ1) is 10.6. The average Bonchev–Trinajstić information content (AvgIpc) is 2.85. The Morgan fingerprint density at radius 1 is 1.22 bits per heavy atom. The van der Waals surface area contributed by atoms with Crippen molar-refractivity contribution in [3.05, 3.63) is 35.1 Å². The molecule has 1 amide bonds. The zero-order chi connectivity index (χ0) is 17.4. The van der Waals surface area contributed by atoms with Gasteiger partial charge in [0.05, 0.1) is 0 Å². The summed E-state index contributed by atoms with van der Waals surface area (Å²) in [5.41, 5.74) is -1.07. The summed E-state index contributed by atoms with van der Waals surface area (Å²) < 4.78 is 51.8. The van der Waals surface area contributed by atoms with E-state index in [-0.39, 0.29) is 18.5 Å². The van der Waals surface area contributed by atoms with Crippen LogP contribution in [-0.4, -0.2) is 36.5 Å². The topological polar surface area (TPSA) is 38.8 Å². The first-order valence-electron chi connectivity index (χ1n) is 7.30. The lowest BCUT2D eigenvalue weighted by Gasteiger charge is -2.27. The molecular formula is C16H20F3NO3. The molecule has 23 heavy (non-hydrogen) atoms. The second kappa shape index (κ2) is 6.39. The van der Waals surface area contributed by atoms with Crippen molar-refractivity contribution < 1.29 is 27.4 Å². The Hall–Kier alpha value is -1.76. The summed E-state index contributed by atoms with van der Waals surface area (Å²) in [6, 6.07) is 1.62. The first-order valence-corrected chi connectivity index (χ1v) is 7.30. The Morgan fingerprint density at radius 2 is 1.83 bits per heavy atom. The van der Waals surface area contributed by atoms with E-state index < -0.39 is 41.3 Å². The molecule has 0 saturated carbocycles. The van der Waals surface area contributed by atoms with E-state index in [4.69, 9.17) is 9.47 Å². The maximum Gasteiger partial charge on any atom is 0.412 e. The van der Waals surface area contributed by atoms with Gasteiger partial charge in [0.25, 0.3) is 0 Å². The van der Waals surface area contributed by atoms with Crippen LogP contribution in [0.5, 0.6) is 0 Å². The molecule has 1 aromatic carbocycles. The highest BCUT2D eigenvalue weighted by atomic mass is 19.2. The van der Waals surface area contributed by atoms with Crippen LogP contribution in [0.15, 0.2) is 12.1 Å². The molecule has 0 radical (unpaired) electrons. The smallest absolute Gasteiger partial charge is 0.412 e. The SMILES string of the molecule is COC1CC(c2c(F)ccc(F)c2F)CN1C(=O)OC(C)(C)C. The molecule has 7 heteroatoms. The van der Waals surface area contributed by atoms with Crippen molar-refractivity contribution >= 4 is 6.09 Å². The molecule has 1 aliphatic rings. The molecule has 0 bridgehead atoms. The Morgan fingerprint density at radius 3 is 2.39 bits per heavy atom. The van der Waals surface area contributed by atoms with Crippen molar-refractivity contribution in [1.29, 1.82) is 0 Å². The number of carbonyl (C=O) groups is 1. The van der Waals surface area contributed by atoms with Gasteiger partial charge in [-0.25, -0.2) is 18.0 Å². The zero-order valence-corrected chi connectivity index (χ0v) is 13.5. The molecule has 0 aromatic heterocycles. The molecule has 2 rings (SSSR count). The van der Waals surface area contributed by atoms with Gasteiger partial charge in [-0.15, -0.1) is 0 Å². The van der Waals surface area contributed by atoms with E-state index in [1.54, 1.807) is 20.8 Å². The highest BCUT2D eigenvalue weighted by molar-refractivity contribution is 5.69. The van der Waals surface area contributed by atoms with Crippen molar-refractivity contribution in [2.45, 2.75) is 44.9 Å². The van der Waals surface area contributed by atoms with Crippen molar-refractivity contribution in [2.24, 2.45) is 0 Å². The molecule has 1 heterocycles. The minimum atomic E-state index is -1.23. The van der Waals surface area contributed by atoms with Crippen LogP contribution in [0.1, 0.15) is 38.7 Å². The molecule has 2 atom stereocenters. The molecule has 1 saturated heterocycles. The second-order valence-corrected chi connectivity index (χ2v) is 6.51. The van der Waals surface area contributed by atoms with Crippen LogP contribution in [0.25, 0.3) is 0 Å². The van der Waals surface area contributed by atoms with E-state index in [1.807, 2.05) is 0 Å². The number of amides is 1. The minimum absolute atomic E-state index is 0.00921.